The van der Waals surface area contributed by atoms with Crippen molar-refractivity contribution in [3.8, 4) is 17.6 Å². The molecule has 1 saturated heterocycles. The van der Waals surface area contributed by atoms with Gasteiger partial charge in [0.25, 0.3) is 0 Å². The van der Waals surface area contributed by atoms with E-state index in [1.165, 1.54) is 11.3 Å². The van der Waals surface area contributed by atoms with Gasteiger partial charge in [0.15, 0.2) is 16.6 Å². The summed E-state index contributed by atoms with van der Waals surface area (Å²) in [5.74, 6) is 1.49. The van der Waals surface area contributed by atoms with Gasteiger partial charge in [0.2, 0.25) is 5.91 Å². The van der Waals surface area contributed by atoms with E-state index in [9.17, 15) is 4.79 Å². The first kappa shape index (κ1) is 20.2. The number of nitriles is 1. The molecule has 1 saturated carbocycles. The number of anilines is 1. The first-order chi connectivity index (χ1) is 14.6. The van der Waals surface area contributed by atoms with E-state index in [1.54, 1.807) is 13.3 Å². The molecule has 0 unspecified atom stereocenters. The molecule has 1 aromatic heterocycles. The molecule has 7 nitrogen and oxygen atoms in total. The molecule has 0 atom stereocenters. The lowest BCUT2D eigenvalue weighted by atomic mass is 9.81. The van der Waals surface area contributed by atoms with Gasteiger partial charge in [0.05, 0.1) is 19.3 Å². The summed E-state index contributed by atoms with van der Waals surface area (Å²) < 4.78 is 11.5. The lowest BCUT2D eigenvalue weighted by Crippen LogP contribution is -2.61. The number of nitrogens with zero attached hydrogens (tertiary/aromatic N) is 3. The van der Waals surface area contributed by atoms with Crippen molar-refractivity contribution >= 4 is 22.4 Å². The van der Waals surface area contributed by atoms with Gasteiger partial charge in [-0.3, -0.25) is 4.79 Å². The van der Waals surface area contributed by atoms with Crippen molar-refractivity contribution in [1.29, 1.82) is 5.26 Å². The van der Waals surface area contributed by atoms with Crippen molar-refractivity contribution in [3.63, 3.8) is 0 Å². The first-order valence-corrected chi connectivity index (χ1v) is 10.8. The van der Waals surface area contributed by atoms with Crippen molar-refractivity contribution in [2.75, 3.05) is 25.1 Å². The highest BCUT2D eigenvalue weighted by Gasteiger charge is 2.39. The Balaban J connectivity index is 1.22. The molecular formula is C22H24N4O3S. The standard InChI is InChI=1S/C22H24N4O3S/c1-3-4-14-5-6-19(28-2)20(7-14)29-17-8-15(9-17)21(27)25-16-12-26(13-16)22-24-11-18(10-23)30-22/h3,5-7,11,15-17H,1,4,8-9,12-13H2,2H3,(H,25,27)/t15-,17-. The number of methoxy groups -OCH3 is 1. The Labute approximate surface area is 179 Å². The van der Waals surface area contributed by atoms with Gasteiger partial charge in [0.1, 0.15) is 17.1 Å². The number of thiazole rings is 1. The van der Waals surface area contributed by atoms with Crippen LogP contribution in [0.4, 0.5) is 5.13 Å². The summed E-state index contributed by atoms with van der Waals surface area (Å²) in [4.78, 5) is 19.4. The Hall–Kier alpha value is -3.05. The summed E-state index contributed by atoms with van der Waals surface area (Å²) in [6.07, 6.45) is 5.64. The van der Waals surface area contributed by atoms with Crippen LogP contribution in [0.25, 0.3) is 0 Å². The topological polar surface area (TPSA) is 87.5 Å². The molecule has 0 bridgehead atoms. The molecule has 1 aliphatic carbocycles. The van der Waals surface area contributed by atoms with E-state index in [1.807, 2.05) is 24.3 Å². The summed E-state index contributed by atoms with van der Waals surface area (Å²) >= 11 is 1.38. The Morgan fingerprint density at radius 1 is 1.43 bits per heavy atom. The maximum Gasteiger partial charge on any atom is 0.223 e. The molecular weight excluding hydrogens is 400 g/mol. The van der Waals surface area contributed by atoms with E-state index in [2.05, 4.69) is 27.8 Å². The molecule has 156 valence electrons. The van der Waals surface area contributed by atoms with Crippen molar-refractivity contribution < 1.29 is 14.3 Å². The number of allylic oxidation sites excluding steroid dienone is 1. The Bertz CT molecular complexity index is 971. The highest BCUT2D eigenvalue weighted by atomic mass is 32.1. The number of carbonyl (C=O) groups is 1. The molecule has 2 aromatic rings. The normalized spacial score (nSPS) is 20.5. The highest BCUT2D eigenvalue weighted by molar-refractivity contribution is 7.16. The van der Waals surface area contributed by atoms with Crippen LogP contribution >= 0.6 is 11.3 Å². The summed E-state index contributed by atoms with van der Waals surface area (Å²) in [5, 5.41) is 12.8. The third-order valence-corrected chi connectivity index (χ3v) is 6.43. The summed E-state index contributed by atoms with van der Waals surface area (Å²) in [5.41, 5.74) is 1.12. The van der Waals surface area contributed by atoms with Crippen LogP contribution < -0.4 is 19.7 Å². The number of nitrogens with one attached hydrogen (secondary N) is 1. The van der Waals surface area contributed by atoms with Crippen LogP contribution in [0.2, 0.25) is 0 Å². The number of aromatic nitrogens is 1. The average Bonchev–Trinajstić information content (AvgIpc) is 3.15. The van der Waals surface area contributed by atoms with Crippen molar-refractivity contribution in [3.05, 3.63) is 47.5 Å². The van der Waals surface area contributed by atoms with Gasteiger partial charge in [-0.1, -0.05) is 23.5 Å². The smallest absolute Gasteiger partial charge is 0.223 e. The zero-order valence-electron chi connectivity index (χ0n) is 16.8. The van der Waals surface area contributed by atoms with Crippen LogP contribution in [0.5, 0.6) is 11.5 Å². The molecule has 4 rings (SSSR count). The van der Waals surface area contributed by atoms with Gasteiger partial charge in [-0.05, 0) is 37.0 Å². The van der Waals surface area contributed by atoms with E-state index in [0.717, 1.165) is 36.0 Å². The van der Waals surface area contributed by atoms with Gasteiger partial charge < -0.3 is 19.7 Å². The van der Waals surface area contributed by atoms with Gasteiger partial charge in [0, 0.05) is 19.0 Å². The fourth-order valence-electron chi connectivity index (χ4n) is 3.67. The third kappa shape index (κ3) is 4.26. The number of rotatable bonds is 8. The molecule has 1 N–H and O–H groups in total. The summed E-state index contributed by atoms with van der Waals surface area (Å²) in [7, 11) is 1.63. The minimum atomic E-state index is -0.0172. The Morgan fingerprint density at radius 2 is 2.23 bits per heavy atom. The summed E-state index contributed by atoms with van der Waals surface area (Å²) in [6.45, 7) is 5.23. The molecule has 1 aliphatic heterocycles. The van der Waals surface area contributed by atoms with E-state index in [-0.39, 0.29) is 24.0 Å². The van der Waals surface area contributed by atoms with Crippen molar-refractivity contribution in [2.45, 2.75) is 31.4 Å². The second kappa shape index (κ2) is 8.76. The van der Waals surface area contributed by atoms with Gasteiger partial charge in [-0.15, -0.1) is 6.58 Å². The third-order valence-electron chi connectivity index (χ3n) is 5.47. The van der Waals surface area contributed by atoms with E-state index in [0.29, 0.717) is 23.5 Å². The SMILES string of the molecule is C=CCc1ccc(OC)c(O[C@H]2C[C@H](C(=O)NC3CN(c4ncc(C#N)s4)C3)C2)c1. The van der Waals surface area contributed by atoms with E-state index >= 15 is 0 Å². The van der Waals surface area contributed by atoms with Crippen LogP contribution in [0.3, 0.4) is 0 Å². The minimum absolute atomic E-state index is 0.0172. The zero-order chi connectivity index (χ0) is 21.1. The molecule has 2 fully saturated rings. The maximum absolute atomic E-state index is 12.5. The number of hydrogen-bond acceptors (Lipinski definition) is 7. The zero-order valence-corrected chi connectivity index (χ0v) is 17.7. The maximum atomic E-state index is 12.5. The molecule has 0 spiro atoms. The van der Waals surface area contributed by atoms with E-state index in [4.69, 9.17) is 14.7 Å². The summed E-state index contributed by atoms with van der Waals surface area (Å²) in [6, 6.07) is 8.11. The Morgan fingerprint density at radius 3 is 2.90 bits per heavy atom. The molecule has 2 heterocycles. The number of amides is 1. The second-order valence-electron chi connectivity index (χ2n) is 7.62. The quantitative estimate of drug-likeness (QED) is 0.656. The molecule has 1 amide bonds. The number of carbonyl (C=O) groups excluding carboxylic acids is 1. The van der Waals surface area contributed by atoms with Crippen LogP contribution in [-0.2, 0) is 11.2 Å². The van der Waals surface area contributed by atoms with Gasteiger partial charge in [-0.2, -0.15) is 5.26 Å². The fraction of sp³-hybridized carbons (Fsp3) is 0.409. The second-order valence-corrected chi connectivity index (χ2v) is 8.62. The number of benzene rings is 1. The Kier molecular flexibility index (Phi) is 5.91. The van der Waals surface area contributed by atoms with Crippen LogP contribution in [-0.4, -0.2) is 43.2 Å². The lowest BCUT2D eigenvalue weighted by molar-refractivity contribution is -0.131. The largest absolute Gasteiger partial charge is 0.493 e. The monoisotopic (exact) mass is 424 g/mol. The molecule has 0 radical (unpaired) electrons. The fourth-order valence-corrected chi connectivity index (χ4v) is 4.40. The molecule has 8 heteroatoms. The first-order valence-electron chi connectivity index (χ1n) is 9.95. The van der Waals surface area contributed by atoms with Crippen LogP contribution in [0, 0.1) is 17.2 Å². The minimum Gasteiger partial charge on any atom is -0.493 e. The molecule has 1 aromatic carbocycles. The van der Waals surface area contributed by atoms with Gasteiger partial charge >= 0.3 is 0 Å². The number of ether oxygens (including phenoxy) is 2. The predicted molar refractivity (Wildman–Crippen MR) is 115 cm³/mol. The predicted octanol–water partition coefficient (Wildman–Crippen LogP) is 2.91. The highest BCUT2D eigenvalue weighted by Crippen LogP contribution is 2.36. The van der Waals surface area contributed by atoms with Crippen molar-refractivity contribution in [1.82, 2.24) is 10.3 Å². The van der Waals surface area contributed by atoms with Crippen LogP contribution in [0.1, 0.15) is 23.3 Å². The van der Waals surface area contributed by atoms with Crippen molar-refractivity contribution in [2.24, 2.45) is 5.92 Å². The van der Waals surface area contributed by atoms with Crippen LogP contribution in [0.15, 0.2) is 37.1 Å². The molecule has 2 aliphatic rings. The molecule has 30 heavy (non-hydrogen) atoms. The number of hydrogen-bond donors (Lipinski definition) is 1. The van der Waals surface area contributed by atoms with Gasteiger partial charge in [-0.25, -0.2) is 4.98 Å². The van der Waals surface area contributed by atoms with E-state index < -0.39 is 0 Å². The lowest BCUT2D eigenvalue weighted by Gasteiger charge is -2.41. The average molecular weight is 425 g/mol.